The van der Waals surface area contributed by atoms with E-state index in [2.05, 4.69) is 10.6 Å². The number of ether oxygens (including phenoxy) is 1. The molecule has 0 spiro atoms. The van der Waals surface area contributed by atoms with E-state index in [1.54, 1.807) is 24.3 Å². The highest BCUT2D eigenvalue weighted by Gasteiger charge is 2.13. The first-order valence-corrected chi connectivity index (χ1v) is 7.96. The molecule has 0 aliphatic carbocycles. The zero-order valence-corrected chi connectivity index (χ0v) is 14.0. The summed E-state index contributed by atoms with van der Waals surface area (Å²) in [6.07, 6.45) is 0.930. The van der Waals surface area contributed by atoms with Crippen molar-refractivity contribution >= 4 is 17.5 Å². The third kappa shape index (κ3) is 5.12. The van der Waals surface area contributed by atoms with Crippen LogP contribution in [0.4, 0.5) is 5.69 Å². The van der Waals surface area contributed by atoms with Crippen LogP contribution < -0.4 is 15.4 Å². The highest BCUT2D eigenvalue weighted by atomic mass is 16.5. The maximum absolute atomic E-state index is 11.9. The van der Waals surface area contributed by atoms with Crippen LogP contribution in [0.2, 0.25) is 0 Å². The maximum atomic E-state index is 11.9. The number of anilines is 1. The van der Waals surface area contributed by atoms with Gasteiger partial charge < -0.3 is 15.4 Å². The fraction of sp³-hybridized carbons (Fsp3) is 0.263. The van der Waals surface area contributed by atoms with E-state index in [9.17, 15) is 9.59 Å². The molecule has 5 heteroatoms. The van der Waals surface area contributed by atoms with Crippen molar-refractivity contribution in [3.63, 3.8) is 0 Å². The van der Waals surface area contributed by atoms with Crippen LogP contribution in [0.5, 0.6) is 5.75 Å². The van der Waals surface area contributed by atoms with Crippen LogP contribution in [0.25, 0.3) is 0 Å². The molecule has 0 aromatic heterocycles. The molecule has 0 radical (unpaired) electrons. The highest BCUT2D eigenvalue weighted by Crippen LogP contribution is 2.15. The van der Waals surface area contributed by atoms with Crippen molar-refractivity contribution in [2.24, 2.45) is 0 Å². The molecule has 0 fully saturated rings. The second-order valence-corrected chi connectivity index (χ2v) is 5.44. The van der Waals surface area contributed by atoms with E-state index < -0.39 is 11.8 Å². The molecule has 2 N–H and O–H groups in total. The summed E-state index contributed by atoms with van der Waals surface area (Å²) in [5.41, 5.74) is 2.60. The summed E-state index contributed by atoms with van der Waals surface area (Å²) in [5, 5.41) is 5.19. The first-order chi connectivity index (χ1) is 11.6. The van der Waals surface area contributed by atoms with E-state index in [4.69, 9.17) is 4.74 Å². The zero-order valence-electron chi connectivity index (χ0n) is 14.0. The number of amides is 2. The predicted molar refractivity (Wildman–Crippen MR) is 93.9 cm³/mol. The quantitative estimate of drug-likeness (QED) is 0.802. The second kappa shape index (κ2) is 8.72. The van der Waals surface area contributed by atoms with Gasteiger partial charge in [0.05, 0.1) is 6.61 Å². The Kier molecular flexibility index (Phi) is 6.37. The lowest BCUT2D eigenvalue weighted by Gasteiger charge is -2.09. The number of nitrogens with one attached hydrogen (secondary N) is 2. The third-order valence-corrected chi connectivity index (χ3v) is 3.49. The van der Waals surface area contributed by atoms with E-state index in [0.717, 1.165) is 23.3 Å². The van der Waals surface area contributed by atoms with E-state index >= 15 is 0 Å². The molecule has 2 rings (SSSR count). The summed E-state index contributed by atoms with van der Waals surface area (Å²) in [4.78, 5) is 23.8. The van der Waals surface area contributed by atoms with Gasteiger partial charge in [-0.2, -0.15) is 0 Å². The number of aryl methyl sites for hydroxylation is 1. The predicted octanol–water partition coefficient (Wildman–Crippen LogP) is 3.04. The van der Waals surface area contributed by atoms with Crippen LogP contribution >= 0.6 is 0 Å². The molecule has 2 aromatic carbocycles. The van der Waals surface area contributed by atoms with Gasteiger partial charge in [0.25, 0.3) is 0 Å². The SMILES string of the molecule is CCCOc1ccc(NC(=O)C(=O)NCc2ccccc2C)cc1. The zero-order chi connectivity index (χ0) is 17.4. The van der Waals surface area contributed by atoms with E-state index in [1.165, 1.54) is 0 Å². The van der Waals surface area contributed by atoms with Gasteiger partial charge in [0.2, 0.25) is 0 Å². The number of benzene rings is 2. The van der Waals surface area contributed by atoms with Gasteiger partial charge in [-0.1, -0.05) is 31.2 Å². The number of rotatable bonds is 6. The Balaban J connectivity index is 1.85. The van der Waals surface area contributed by atoms with Crippen LogP contribution in [-0.4, -0.2) is 18.4 Å². The molecule has 0 atom stereocenters. The van der Waals surface area contributed by atoms with Gasteiger partial charge in [0, 0.05) is 12.2 Å². The van der Waals surface area contributed by atoms with Crippen LogP contribution in [0.1, 0.15) is 24.5 Å². The Morgan fingerprint density at radius 2 is 1.71 bits per heavy atom. The van der Waals surface area contributed by atoms with Crippen molar-refractivity contribution in [2.45, 2.75) is 26.8 Å². The van der Waals surface area contributed by atoms with Crippen LogP contribution in [0, 0.1) is 6.92 Å². The average Bonchev–Trinajstić information content (AvgIpc) is 2.60. The number of carbonyl (C=O) groups is 2. The number of carbonyl (C=O) groups excluding carboxylic acids is 2. The minimum absolute atomic E-state index is 0.322. The van der Waals surface area contributed by atoms with Crippen LogP contribution in [0.15, 0.2) is 48.5 Å². The fourth-order valence-electron chi connectivity index (χ4n) is 2.11. The highest BCUT2D eigenvalue weighted by molar-refractivity contribution is 6.39. The first-order valence-electron chi connectivity index (χ1n) is 7.96. The van der Waals surface area contributed by atoms with Crippen molar-refractivity contribution in [1.82, 2.24) is 5.32 Å². The Bertz CT molecular complexity index is 696. The maximum Gasteiger partial charge on any atom is 0.313 e. The molecule has 0 bridgehead atoms. The smallest absolute Gasteiger partial charge is 0.313 e. The minimum Gasteiger partial charge on any atom is -0.494 e. The molecule has 0 unspecified atom stereocenters. The van der Waals surface area contributed by atoms with E-state index in [1.807, 2.05) is 38.1 Å². The van der Waals surface area contributed by atoms with Crippen molar-refractivity contribution in [2.75, 3.05) is 11.9 Å². The standard InChI is InChI=1S/C19H22N2O3/c1-3-12-24-17-10-8-16(9-11-17)21-19(23)18(22)20-13-15-7-5-4-6-14(15)2/h4-11H,3,12-13H2,1-2H3,(H,20,22)(H,21,23). The Labute approximate surface area is 142 Å². The molecule has 5 nitrogen and oxygen atoms in total. The topological polar surface area (TPSA) is 67.4 Å². The van der Waals surface area contributed by atoms with Gasteiger partial charge in [-0.25, -0.2) is 0 Å². The summed E-state index contributed by atoms with van der Waals surface area (Å²) >= 11 is 0. The second-order valence-electron chi connectivity index (χ2n) is 5.44. The number of hydrogen-bond acceptors (Lipinski definition) is 3. The van der Waals surface area contributed by atoms with Gasteiger partial charge >= 0.3 is 11.8 Å². The summed E-state index contributed by atoms with van der Waals surface area (Å²) in [6.45, 7) is 4.96. The fourth-order valence-corrected chi connectivity index (χ4v) is 2.11. The third-order valence-electron chi connectivity index (χ3n) is 3.49. The lowest BCUT2D eigenvalue weighted by Crippen LogP contribution is -2.35. The van der Waals surface area contributed by atoms with Gasteiger partial charge in [0.1, 0.15) is 5.75 Å². The van der Waals surface area contributed by atoms with Crippen molar-refractivity contribution in [3.8, 4) is 5.75 Å². The Hall–Kier alpha value is -2.82. The minimum atomic E-state index is -0.689. The molecule has 0 saturated carbocycles. The average molecular weight is 326 g/mol. The molecule has 126 valence electrons. The van der Waals surface area contributed by atoms with Crippen molar-refractivity contribution < 1.29 is 14.3 Å². The van der Waals surface area contributed by atoms with Crippen LogP contribution in [-0.2, 0) is 16.1 Å². The Morgan fingerprint density at radius 1 is 1.00 bits per heavy atom. The van der Waals surface area contributed by atoms with Gasteiger partial charge in [-0.15, -0.1) is 0 Å². The lowest BCUT2D eigenvalue weighted by atomic mass is 10.1. The monoisotopic (exact) mass is 326 g/mol. The molecule has 0 heterocycles. The molecule has 0 saturated heterocycles. The van der Waals surface area contributed by atoms with Gasteiger partial charge in [-0.05, 0) is 48.7 Å². The van der Waals surface area contributed by atoms with Gasteiger partial charge in [0.15, 0.2) is 0 Å². The molecular formula is C19H22N2O3. The number of hydrogen-bond donors (Lipinski definition) is 2. The Morgan fingerprint density at radius 3 is 2.38 bits per heavy atom. The molecule has 2 amide bonds. The molecule has 24 heavy (non-hydrogen) atoms. The van der Waals surface area contributed by atoms with Crippen LogP contribution in [0.3, 0.4) is 0 Å². The van der Waals surface area contributed by atoms with E-state index in [-0.39, 0.29) is 0 Å². The summed E-state index contributed by atoms with van der Waals surface area (Å²) < 4.78 is 5.47. The summed E-state index contributed by atoms with van der Waals surface area (Å²) in [6, 6.07) is 14.6. The van der Waals surface area contributed by atoms with Gasteiger partial charge in [-0.3, -0.25) is 9.59 Å². The molecule has 0 aliphatic rings. The van der Waals surface area contributed by atoms with E-state index in [0.29, 0.717) is 18.8 Å². The molecular weight excluding hydrogens is 304 g/mol. The molecule has 2 aromatic rings. The van der Waals surface area contributed by atoms with Crippen molar-refractivity contribution in [1.29, 1.82) is 0 Å². The van der Waals surface area contributed by atoms with Crippen molar-refractivity contribution in [3.05, 3.63) is 59.7 Å². The summed E-state index contributed by atoms with van der Waals surface area (Å²) in [5.74, 6) is -0.616. The lowest BCUT2D eigenvalue weighted by molar-refractivity contribution is -0.136. The normalized spacial score (nSPS) is 10.1. The largest absolute Gasteiger partial charge is 0.494 e. The first kappa shape index (κ1) is 17.5. The molecule has 0 aliphatic heterocycles. The summed E-state index contributed by atoms with van der Waals surface area (Å²) in [7, 11) is 0.